The Hall–Kier alpha value is -3.20. The molecule has 0 radical (unpaired) electrons. The second kappa shape index (κ2) is 7.79. The van der Waals surface area contributed by atoms with Gasteiger partial charge in [0, 0.05) is 23.3 Å². The molecule has 1 aromatic carbocycles. The summed E-state index contributed by atoms with van der Waals surface area (Å²) in [5.74, 6) is -0.597. The van der Waals surface area contributed by atoms with Gasteiger partial charge in [0.25, 0.3) is 5.56 Å². The van der Waals surface area contributed by atoms with Crippen molar-refractivity contribution in [3.63, 3.8) is 0 Å². The van der Waals surface area contributed by atoms with Crippen LogP contribution in [0.25, 0.3) is 0 Å². The fourth-order valence-electron chi connectivity index (χ4n) is 2.10. The number of nitrogens with one attached hydrogen (secondary N) is 2. The van der Waals surface area contributed by atoms with Gasteiger partial charge < -0.3 is 10.1 Å². The summed E-state index contributed by atoms with van der Waals surface area (Å²) >= 11 is 1.40. The van der Waals surface area contributed by atoms with Gasteiger partial charge in [-0.3, -0.25) is 19.1 Å². The maximum atomic E-state index is 11.8. The van der Waals surface area contributed by atoms with E-state index in [1.807, 2.05) is 31.2 Å². The van der Waals surface area contributed by atoms with E-state index in [0.29, 0.717) is 10.8 Å². The normalized spacial score (nSPS) is 10.5. The molecule has 26 heavy (non-hydrogen) atoms. The lowest BCUT2D eigenvalue weighted by atomic mass is 10.2. The standard InChI is InChI=1S/C17H16N4O4S/c1-11-2-4-12(5-3-11)18-16-19-13(10-26-16)9-25-15(23)8-21-7-6-14(22)20-17(21)24/h2-7,10H,8-9H2,1H3,(H,18,19)(H,20,22,24). The van der Waals surface area contributed by atoms with Crippen LogP contribution < -0.4 is 16.6 Å². The van der Waals surface area contributed by atoms with Crippen LogP contribution in [0, 0.1) is 6.92 Å². The van der Waals surface area contributed by atoms with Gasteiger partial charge in [0.1, 0.15) is 13.2 Å². The van der Waals surface area contributed by atoms with Crippen LogP contribution in [0.15, 0.2) is 51.5 Å². The third-order valence-electron chi connectivity index (χ3n) is 3.43. The van der Waals surface area contributed by atoms with Crippen LogP contribution in [-0.4, -0.2) is 20.5 Å². The molecule has 0 aliphatic rings. The molecule has 0 atom stereocenters. The van der Waals surface area contributed by atoms with Crippen molar-refractivity contribution in [3.05, 3.63) is 74.0 Å². The van der Waals surface area contributed by atoms with E-state index in [1.165, 1.54) is 23.1 Å². The van der Waals surface area contributed by atoms with Gasteiger partial charge >= 0.3 is 11.7 Å². The van der Waals surface area contributed by atoms with Gasteiger partial charge in [-0.05, 0) is 19.1 Å². The lowest BCUT2D eigenvalue weighted by molar-refractivity contribution is -0.145. The van der Waals surface area contributed by atoms with E-state index in [2.05, 4.69) is 15.3 Å². The molecule has 2 aromatic heterocycles. The number of carbonyl (C=O) groups excluding carboxylic acids is 1. The van der Waals surface area contributed by atoms with Crippen molar-refractivity contribution in [1.82, 2.24) is 14.5 Å². The van der Waals surface area contributed by atoms with Crippen LogP contribution in [-0.2, 0) is 22.7 Å². The molecule has 0 bridgehead atoms. The topological polar surface area (TPSA) is 106 Å². The molecule has 0 spiro atoms. The van der Waals surface area contributed by atoms with Crippen molar-refractivity contribution >= 4 is 28.1 Å². The predicted octanol–water partition coefficient (Wildman–Crippen LogP) is 1.79. The number of carbonyl (C=O) groups is 1. The molecular weight excluding hydrogens is 356 g/mol. The number of aryl methyl sites for hydroxylation is 1. The Balaban J connectivity index is 1.54. The van der Waals surface area contributed by atoms with Gasteiger partial charge in [0.2, 0.25) is 0 Å². The number of esters is 1. The van der Waals surface area contributed by atoms with Crippen molar-refractivity contribution < 1.29 is 9.53 Å². The molecule has 3 rings (SSSR count). The molecular formula is C17H16N4O4S. The molecule has 134 valence electrons. The lowest BCUT2D eigenvalue weighted by Crippen LogP contribution is -2.31. The van der Waals surface area contributed by atoms with Crippen LogP contribution in [0.4, 0.5) is 10.8 Å². The zero-order valence-corrected chi connectivity index (χ0v) is 14.7. The molecule has 0 amide bonds. The number of benzene rings is 1. The second-order valence-corrected chi connectivity index (χ2v) is 6.39. The van der Waals surface area contributed by atoms with Gasteiger partial charge in [-0.1, -0.05) is 17.7 Å². The minimum Gasteiger partial charge on any atom is -0.458 e. The molecule has 2 N–H and O–H groups in total. The Labute approximate surface area is 152 Å². The van der Waals surface area contributed by atoms with Gasteiger partial charge in [0.05, 0.1) is 5.69 Å². The van der Waals surface area contributed by atoms with Gasteiger partial charge in [-0.15, -0.1) is 11.3 Å². The zero-order chi connectivity index (χ0) is 18.5. The van der Waals surface area contributed by atoms with Crippen molar-refractivity contribution in [2.24, 2.45) is 0 Å². The van der Waals surface area contributed by atoms with Gasteiger partial charge in [-0.25, -0.2) is 9.78 Å². The minimum atomic E-state index is -0.660. The number of aromatic nitrogens is 3. The predicted molar refractivity (Wildman–Crippen MR) is 97.7 cm³/mol. The van der Waals surface area contributed by atoms with Gasteiger partial charge in [-0.2, -0.15) is 0 Å². The largest absolute Gasteiger partial charge is 0.458 e. The van der Waals surface area contributed by atoms with Crippen LogP contribution in [0.2, 0.25) is 0 Å². The Morgan fingerprint density at radius 2 is 2.04 bits per heavy atom. The van der Waals surface area contributed by atoms with Crippen molar-refractivity contribution in [2.45, 2.75) is 20.1 Å². The number of nitrogens with zero attached hydrogens (tertiary/aromatic N) is 2. The molecule has 0 aliphatic carbocycles. The van der Waals surface area contributed by atoms with E-state index >= 15 is 0 Å². The molecule has 0 aliphatic heterocycles. The number of H-pyrrole nitrogens is 1. The average molecular weight is 372 g/mol. The highest BCUT2D eigenvalue weighted by Crippen LogP contribution is 2.21. The molecule has 9 heteroatoms. The Bertz CT molecular complexity index is 1020. The van der Waals surface area contributed by atoms with E-state index in [-0.39, 0.29) is 13.2 Å². The number of rotatable bonds is 6. The summed E-state index contributed by atoms with van der Waals surface area (Å²) in [6.07, 6.45) is 1.24. The van der Waals surface area contributed by atoms with E-state index in [4.69, 9.17) is 4.74 Å². The number of aromatic amines is 1. The number of ether oxygens (including phenoxy) is 1. The van der Waals surface area contributed by atoms with Crippen LogP contribution in [0.1, 0.15) is 11.3 Å². The van der Waals surface area contributed by atoms with Crippen LogP contribution in [0.5, 0.6) is 0 Å². The highest BCUT2D eigenvalue weighted by atomic mass is 32.1. The summed E-state index contributed by atoms with van der Waals surface area (Å²) in [5.41, 5.74) is 1.52. The number of anilines is 2. The third kappa shape index (κ3) is 4.67. The Kier molecular flexibility index (Phi) is 5.28. The third-order valence-corrected chi connectivity index (χ3v) is 4.24. The molecule has 3 aromatic rings. The smallest absolute Gasteiger partial charge is 0.328 e. The summed E-state index contributed by atoms with van der Waals surface area (Å²) in [6, 6.07) is 9.07. The monoisotopic (exact) mass is 372 g/mol. The summed E-state index contributed by atoms with van der Waals surface area (Å²) in [7, 11) is 0. The molecule has 0 saturated carbocycles. The minimum absolute atomic E-state index is 0.00299. The summed E-state index contributed by atoms with van der Waals surface area (Å²) < 4.78 is 6.19. The van der Waals surface area contributed by atoms with E-state index in [1.54, 1.807) is 5.38 Å². The zero-order valence-electron chi connectivity index (χ0n) is 13.9. The first-order chi connectivity index (χ1) is 12.5. The summed E-state index contributed by atoms with van der Waals surface area (Å²) in [6.45, 7) is 1.73. The first-order valence-corrected chi connectivity index (χ1v) is 8.61. The van der Waals surface area contributed by atoms with Crippen molar-refractivity contribution in [3.8, 4) is 0 Å². The Morgan fingerprint density at radius 3 is 2.77 bits per heavy atom. The first-order valence-electron chi connectivity index (χ1n) is 7.73. The number of hydrogen-bond donors (Lipinski definition) is 2. The molecule has 8 nitrogen and oxygen atoms in total. The first kappa shape index (κ1) is 17.6. The molecule has 0 fully saturated rings. The van der Waals surface area contributed by atoms with Crippen LogP contribution in [0.3, 0.4) is 0 Å². The van der Waals surface area contributed by atoms with Crippen molar-refractivity contribution in [2.75, 3.05) is 5.32 Å². The van der Waals surface area contributed by atoms with E-state index < -0.39 is 17.2 Å². The number of hydrogen-bond acceptors (Lipinski definition) is 7. The maximum absolute atomic E-state index is 11.8. The highest BCUT2D eigenvalue weighted by Gasteiger charge is 2.09. The van der Waals surface area contributed by atoms with E-state index in [9.17, 15) is 14.4 Å². The average Bonchev–Trinajstić information content (AvgIpc) is 3.05. The molecule has 0 saturated heterocycles. The fraction of sp³-hybridized carbons (Fsp3) is 0.176. The maximum Gasteiger partial charge on any atom is 0.328 e. The van der Waals surface area contributed by atoms with Crippen LogP contribution >= 0.6 is 11.3 Å². The molecule has 2 heterocycles. The fourth-order valence-corrected chi connectivity index (χ4v) is 2.81. The van der Waals surface area contributed by atoms with Gasteiger partial charge in [0.15, 0.2) is 5.13 Å². The number of thiazole rings is 1. The van der Waals surface area contributed by atoms with Crippen molar-refractivity contribution in [1.29, 1.82) is 0 Å². The molecule has 0 unspecified atom stereocenters. The van der Waals surface area contributed by atoms with E-state index in [0.717, 1.165) is 16.3 Å². The Morgan fingerprint density at radius 1 is 1.27 bits per heavy atom. The second-order valence-electron chi connectivity index (χ2n) is 5.53. The highest BCUT2D eigenvalue weighted by molar-refractivity contribution is 7.13. The summed E-state index contributed by atoms with van der Waals surface area (Å²) in [5, 5.41) is 5.66. The quantitative estimate of drug-likeness (QED) is 0.639. The lowest BCUT2D eigenvalue weighted by Gasteiger charge is -2.05. The summed E-state index contributed by atoms with van der Waals surface area (Å²) in [4.78, 5) is 40.8. The SMILES string of the molecule is Cc1ccc(Nc2nc(COC(=O)Cn3ccc(=O)[nH]c3=O)cs2)cc1.